The molecular formula is C21H34N2O3S. The largest absolute Gasteiger partial charge is 0.353 e. The molecule has 1 N–H and O–H groups in total. The zero-order valence-electron chi connectivity index (χ0n) is 17.0. The van der Waals surface area contributed by atoms with E-state index in [-0.39, 0.29) is 11.9 Å². The lowest BCUT2D eigenvalue weighted by Gasteiger charge is -2.25. The summed E-state index contributed by atoms with van der Waals surface area (Å²) in [5.74, 6) is 0.0370. The molecule has 0 bridgehead atoms. The van der Waals surface area contributed by atoms with Crippen molar-refractivity contribution in [2.24, 2.45) is 0 Å². The fourth-order valence-corrected chi connectivity index (χ4v) is 4.77. The highest BCUT2D eigenvalue weighted by Crippen LogP contribution is 2.25. The Bertz CT molecular complexity index is 723. The summed E-state index contributed by atoms with van der Waals surface area (Å²) in [6.45, 7) is 4.23. The number of aryl methyl sites for hydroxylation is 1. The monoisotopic (exact) mass is 394 g/mol. The van der Waals surface area contributed by atoms with Crippen molar-refractivity contribution in [2.75, 3.05) is 17.1 Å². The van der Waals surface area contributed by atoms with E-state index in [0.29, 0.717) is 25.1 Å². The van der Waals surface area contributed by atoms with Crippen molar-refractivity contribution in [3.8, 4) is 0 Å². The lowest BCUT2D eigenvalue weighted by atomic mass is 9.96. The van der Waals surface area contributed by atoms with Gasteiger partial charge in [0.15, 0.2) is 0 Å². The standard InChI is InChI=1S/C21H34N2O3S/c1-17-11-9-14-20(18(17)2)23(27(3,25)26)16-10-15-21(24)22-19-12-7-5-4-6-8-13-19/h9,11,14,19H,4-8,10,12-13,15-16H2,1-3H3,(H,22,24). The number of nitrogens with zero attached hydrogens (tertiary/aromatic N) is 1. The number of rotatable bonds is 7. The van der Waals surface area contributed by atoms with Gasteiger partial charge < -0.3 is 5.32 Å². The van der Waals surface area contributed by atoms with Crippen LogP contribution in [0.2, 0.25) is 0 Å². The van der Waals surface area contributed by atoms with Crippen molar-refractivity contribution in [1.29, 1.82) is 0 Å². The van der Waals surface area contributed by atoms with E-state index < -0.39 is 10.0 Å². The van der Waals surface area contributed by atoms with Crippen molar-refractivity contribution in [3.05, 3.63) is 29.3 Å². The highest BCUT2D eigenvalue weighted by Gasteiger charge is 2.20. The molecule has 0 aromatic heterocycles. The van der Waals surface area contributed by atoms with E-state index in [1.165, 1.54) is 42.7 Å². The molecule has 1 aliphatic rings. The molecule has 0 unspecified atom stereocenters. The summed E-state index contributed by atoms with van der Waals surface area (Å²) in [6, 6.07) is 5.96. The van der Waals surface area contributed by atoms with E-state index >= 15 is 0 Å². The zero-order chi connectivity index (χ0) is 19.9. The van der Waals surface area contributed by atoms with Gasteiger partial charge in [0.2, 0.25) is 15.9 Å². The molecule has 1 fully saturated rings. The lowest BCUT2D eigenvalue weighted by Crippen LogP contribution is -2.36. The maximum Gasteiger partial charge on any atom is 0.232 e. The number of hydrogen-bond donors (Lipinski definition) is 1. The van der Waals surface area contributed by atoms with Gasteiger partial charge in [0.05, 0.1) is 11.9 Å². The Hall–Kier alpha value is -1.56. The molecule has 27 heavy (non-hydrogen) atoms. The number of sulfonamides is 1. The first-order valence-electron chi connectivity index (χ1n) is 10.1. The summed E-state index contributed by atoms with van der Waals surface area (Å²) in [5.41, 5.74) is 2.72. The normalized spacial score (nSPS) is 16.4. The van der Waals surface area contributed by atoms with E-state index in [4.69, 9.17) is 0 Å². The van der Waals surface area contributed by atoms with Crippen molar-refractivity contribution in [3.63, 3.8) is 0 Å². The Kier molecular flexibility index (Phi) is 8.14. The van der Waals surface area contributed by atoms with E-state index in [0.717, 1.165) is 24.0 Å². The molecule has 6 heteroatoms. The van der Waals surface area contributed by atoms with Gasteiger partial charge in [-0.1, -0.05) is 44.2 Å². The van der Waals surface area contributed by atoms with Crippen LogP contribution in [0.4, 0.5) is 5.69 Å². The Morgan fingerprint density at radius 1 is 1.11 bits per heavy atom. The number of benzene rings is 1. The first-order chi connectivity index (χ1) is 12.8. The summed E-state index contributed by atoms with van der Waals surface area (Å²) >= 11 is 0. The van der Waals surface area contributed by atoms with Gasteiger partial charge in [-0.25, -0.2) is 8.42 Å². The van der Waals surface area contributed by atoms with E-state index in [1.54, 1.807) is 0 Å². The molecule has 1 aromatic carbocycles. The topological polar surface area (TPSA) is 66.5 Å². The summed E-state index contributed by atoms with van der Waals surface area (Å²) in [7, 11) is -3.39. The number of anilines is 1. The fourth-order valence-electron chi connectivity index (χ4n) is 3.75. The second kappa shape index (κ2) is 10.1. The first-order valence-corrected chi connectivity index (χ1v) is 12.0. The molecule has 1 saturated carbocycles. The van der Waals surface area contributed by atoms with Crippen molar-refractivity contribution >= 4 is 21.6 Å². The maximum atomic E-state index is 12.3. The molecule has 0 heterocycles. The molecular weight excluding hydrogens is 360 g/mol. The highest BCUT2D eigenvalue weighted by atomic mass is 32.2. The lowest BCUT2D eigenvalue weighted by molar-refractivity contribution is -0.122. The molecule has 1 aliphatic carbocycles. The number of hydrogen-bond acceptors (Lipinski definition) is 3. The molecule has 1 amide bonds. The van der Waals surface area contributed by atoms with Crippen molar-refractivity contribution in [1.82, 2.24) is 5.32 Å². The molecule has 152 valence electrons. The number of nitrogens with one attached hydrogen (secondary N) is 1. The van der Waals surface area contributed by atoms with Crippen LogP contribution < -0.4 is 9.62 Å². The van der Waals surface area contributed by atoms with Gasteiger partial charge in [-0.15, -0.1) is 0 Å². The molecule has 0 saturated heterocycles. The van der Waals surface area contributed by atoms with Crippen molar-refractivity contribution in [2.45, 2.75) is 77.7 Å². The Balaban J connectivity index is 1.91. The molecule has 2 rings (SSSR count). The molecule has 0 spiro atoms. The third kappa shape index (κ3) is 6.83. The SMILES string of the molecule is Cc1cccc(N(CCCC(=O)NC2CCCCCCC2)S(C)(=O)=O)c1C. The highest BCUT2D eigenvalue weighted by molar-refractivity contribution is 7.92. The van der Waals surface area contributed by atoms with Crippen LogP contribution in [0, 0.1) is 13.8 Å². The second-order valence-corrected chi connectivity index (χ2v) is 9.67. The first kappa shape index (κ1) is 21.7. The average molecular weight is 395 g/mol. The van der Waals surface area contributed by atoms with Crippen LogP contribution in [0.3, 0.4) is 0 Å². The predicted molar refractivity (Wildman–Crippen MR) is 112 cm³/mol. The minimum Gasteiger partial charge on any atom is -0.353 e. The Morgan fingerprint density at radius 3 is 2.37 bits per heavy atom. The summed E-state index contributed by atoms with van der Waals surface area (Å²) in [6.07, 6.45) is 10.4. The van der Waals surface area contributed by atoms with Crippen LogP contribution in [0.5, 0.6) is 0 Å². The maximum absolute atomic E-state index is 12.3. The van der Waals surface area contributed by atoms with Gasteiger partial charge in [0, 0.05) is 19.0 Å². The average Bonchev–Trinajstić information content (AvgIpc) is 2.56. The Labute approximate surface area is 164 Å². The van der Waals surface area contributed by atoms with Gasteiger partial charge in [-0.3, -0.25) is 9.10 Å². The van der Waals surface area contributed by atoms with Crippen LogP contribution >= 0.6 is 0 Å². The van der Waals surface area contributed by atoms with E-state index in [2.05, 4.69) is 5.32 Å². The molecule has 0 radical (unpaired) electrons. The number of amides is 1. The molecule has 5 nitrogen and oxygen atoms in total. The quantitative estimate of drug-likeness (QED) is 0.758. The van der Waals surface area contributed by atoms with Crippen LogP contribution in [-0.4, -0.2) is 33.2 Å². The van der Waals surface area contributed by atoms with Gasteiger partial charge in [0.1, 0.15) is 0 Å². The van der Waals surface area contributed by atoms with Crippen LogP contribution in [-0.2, 0) is 14.8 Å². The summed E-state index contributed by atoms with van der Waals surface area (Å²) in [5, 5.41) is 3.15. The van der Waals surface area contributed by atoms with Crippen LogP contribution in [0.1, 0.15) is 68.9 Å². The van der Waals surface area contributed by atoms with Gasteiger partial charge in [-0.05, 0) is 50.3 Å². The van der Waals surface area contributed by atoms with E-state index in [9.17, 15) is 13.2 Å². The minimum absolute atomic E-state index is 0.0370. The van der Waals surface area contributed by atoms with Crippen LogP contribution in [0.15, 0.2) is 18.2 Å². The smallest absolute Gasteiger partial charge is 0.232 e. The second-order valence-electron chi connectivity index (χ2n) is 7.77. The Morgan fingerprint density at radius 2 is 1.74 bits per heavy atom. The molecule has 0 aliphatic heterocycles. The zero-order valence-corrected chi connectivity index (χ0v) is 17.8. The fraction of sp³-hybridized carbons (Fsp3) is 0.667. The molecule has 0 atom stereocenters. The van der Waals surface area contributed by atoms with Crippen molar-refractivity contribution < 1.29 is 13.2 Å². The summed E-state index contributed by atoms with van der Waals surface area (Å²) < 4.78 is 26.0. The predicted octanol–water partition coefficient (Wildman–Crippen LogP) is 4.08. The third-order valence-corrected chi connectivity index (χ3v) is 6.66. The van der Waals surface area contributed by atoms with E-state index in [1.807, 2.05) is 32.0 Å². The third-order valence-electron chi connectivity index (χ3n) is 5.48. The van der Waals surface area contributed by atoms with Gasteiger partial charge >= 0.3 is 0 Å². The summed E-state index contributed by atoms with van der Waals surface area (Å²) in [4.78, 5) is 12.3. The minimum atomic E-state index is -3.39. The van der Waals surface area contributed by atoms with Gasteiger partial charge in [-0.2, -0.15) is 0 Å². The molecule has 1 aromatic rings. The number of carbonyl (C=O) groups excluding carboxylic acids is 1. The van der Waals surface area contributed by atoms with Crippen LogP contribution in [0.25, 0.3) is 0 Å². The number of carbonyl (C=O) groups is 1. The van der Waals surface area contributed by atoms with Gasteiger partial charge in [0.25, 0.3) is 0 Å².